The van der Waals surface area contributed by atoms with E-state index in [0.717, 1.165) is 18.5 Å². The Morgan fingerprint density at radius 3 is 2.25 bits per heavy atom. The molecule has 0 atom stereocenters. The van der Waals surface area contributed by atoms with E-state index >= 15 is 0 Å². The quantitative estimate of drug-likeness (QED) is 0.914. The van der Waals surface area contributed by atoms with Crippen molar-refractivity contribution in [3.63, 3.8) is 0 Å². The molecule has 1 amide bonds. The zero-order valence-electron chi connectivity index (χ0n) is 14.1. The number of hydrogen-bond acceptors (Lipinski definition) is 4. The third-order valence-electron chi connectivity index (χ3n) is 4.31. The highest BCUT2D eigenvalue weighted by molar-refractivity contribution is 6.06. The normalized spacial score (nSPS) is 12.5. The maximum atomic E-state index is 12.7. The van der Waals surface area contributed by atoms with Crippen LogP contribution in [0.1, 0.15) is 27.9 Å². The van der Waals surface area contributed by atoms with Gasteiger partial charge >= 0.3 is 0 Å². The monoisotopic (exact) mass is 327 g/mol. The third kappa shape index (κ3) is 3.02. The molecule has 1 N–H and O–H groups in total. The van der Waals surface area contributed by atoms with Gasteiger partial charge in [0.2, 0.25) is 0 Å². The molecule has 0 radical (unpaired) electrons. The van der Waals surface area contributed by atoms with Crippen LogP contribution in [0.3, 0.4) is 0 Å². The van der Waals surface area contributed by atoms with Gasteiger partial charge in [0.25, 0.3) is 5.91 Å². The number of amides is 1. The highest BCUT2D eigenvalue weighted by atomic mass is 16.5. The van der Waals surface area contributed by atoms with Crippen LogP contribution in [0.25, 0.3) is 0 Å². The number of carbonyl (C=O) groups excluding carboxylic acids is 1. The number of ether oxygens (including phenoxy) is 3. The van der Waals surface area contributed by atoms with E-state index in [0.29, 0.717) is 22.8 Å². The van der Waals surface area contributed by atoms with Gasteiger partial charge in [0.15, 0.2) is 11.5 Å². The first-order chi connectivity index (χ1) is 11.7. The van der Waals surface area contributed by atoms with Gasteiger partial charge in [-0.1, -0.05) is 6.07 Å². The number of rotatable bonds is 5. The molecule has 5 heteroatoms. The summed E-state index contributed by atoms with van der Waals surface area (Å²) < 4.78 is 15.8. The van der Waals surface area contributed by atoms with Crippen molar-refractivity contribution in [3.05, 3.63) is 47.0 Å². The van der Waals surface area contributed by atoms with Gasteiger partial charge < -0.3 is 19.5 Å². The summed E-state index contributed by atoms with van der Waals surface area (Å²) in [6.07, 6.45) is 3.36. The minimum Gasteiger partial charge on any atom is -0.496 e. The lowest BCUT2D eigenvalue weighted by molar-refractivity contribution is 0.102. The van der Waals surface area contributed by atoms with E-state index < -0.39 is 0 Å². The summed E-state index contributed by atoms with van der Waals surface area (Å²) in [5, 5.41) is 2.94. The molecule has 0 spiro atoms. The lowest BCUT2D eigenvalue weighted by Crippen LogP contribution is -2.14. The van der Waals surface area contributed by atoms with Crippen LogP contribution in [-0.4, -0.2) is 27.2 Å². The van der Waals surface area contributed by atoms with Crippen molar-refractivity contribution < 1.29 is 19.0 Å². The van der Waals surface area contributed by atoms with Crippen molar-refractivity contribution in [2.24, 2.45) is 0 Å². The second-order valence-corrected chi connectivity index (χ2v) is 5.70. The molecule has 1 aliphatic rings. The molecule has 0 aromatic heterocycles. The Labute approximate surface area is 141 Å². The van der Waals surface area contributed by atoms with Gasteiger partial charge in [-0.2, -0.15) is 0 Å². The van der Waals surface area contributed by atoms with Crippen molar-refractivity contribution in [1.29, 1.82) is 0 Å². The number of benzene rings is 2. The molecule has 2 aromatic rings. The highest BCUT2D eigenvalue weighted by Crippen LogP contribution is 2.35. The molecule has 0 saturated heterocycles. The van der Waals surface area contributed by atoms with E-state index in [4.69, 9.17) is 14.2 Å². The fourth-order valence-corrected chi connectivity index (χ4v) is 3.05. The molecule has 3 rings (SSSR count). The first-order valence-electron chi connectivity index (χ1n) is 7.89. The predicted molar refractivity (Wildman–Crippen MR) is 92.5 cm³/mol. The molecule has 2 aromatic carbocycles. The molecule has 0 unspecified atom stereocenters. The largest absolute Gasteiger partial charge is 0.496 e. The molecule has 0 bridgehead atoms. The summed E-state index contributed by atoms with van der Waals surface area (Å²) in [4.78, 5) is 12.7. The predicted octanol–water partition coefficient (Wildman–Crippen LogP) is 3.45. The van der Waals surface area contributed by atoms with E-state index in [1.807, 2.05) is 12.1 Å². The van der Waals surface area contributed by atoms with Gasteiger partial charge in [0, 0.05) is 17.8 Å². The highest BCUT2D eigenvalue weighted by Gasteiger charge is 2.18. The number of carbonyl (C=O) groups is 1. The van der Waals surface area contributed by atoms with Gasteiger partial charge in [0.05, 0.1) is 26.9 Å². The van der Waals surface area contributed by atoms with Gasteiger partial charge in [-0.15, -0.1) is 0 Å². The number of hydrogen-bond donors (Lipinski definition) is 1. The van der Waals surface area contributed by atoms with E-state index in [-0.39, 0.29) is 5.91 Å². The molecule has 0 saturated carbocycles. The van der Waals surface area contributed by atoms with Crippen molar-refractivity contribution in [2.75, 3.05) is 26.6 Å². The Morgan fingerprint density at radius 2 is 1.54 bits per heavy atom. The minimum atomic E-state index is -0.245. The average molecular weight is 327 g/mol. The number of methoxy groups -OCH3 is 3. The maximum Gasteiger partial charge on any atom is 0.259 e. The molecule has 5 nitrogen and oxygen atoms in total. The van der Waals surface area contributed by atoms with E-state index in [2.05, 4.69) is 11.4 Å². The Balaban J connectivity index is 1.89. The van der Waals surface area contributed by atoms with Crippen LogP contribution in [0.5, 0.6) is 17.2 Å². The topological polar surface area (TPSA) is 56.8 Å². The second-order valence-electron chi connectivity index (χ2n) is 5.70. The summed E-state index contributed by atoms with van der Waals surface area (Å²) >= 11 is 0. The summed E-state index contributed by atoms with van der Waals surface area (Å²) in [5.41, 5.74) is 3.87. The van der Waals surface area contributed by atoms with Gasteiger partial charge in [0.1, 0.15) is 5.75 Å². The summed E-state index contributed by atoms with van der Waals surface area (Å²) in [7, 11) is 4.60. The first kappa shape index (κ1) is 16.2. The molecular weight excluding hydrogens is 306 g/mol. The zero-order valence-corrected chi connectivity index (χ0v) is 14.1. The Bertz CT molecular complexity index is 770. The number of anilines is 1. The van der Waals surface area contributed by atoms with E-state index in [1.54, 1.807) is 19.2 Å². The fourth-order valence-electron chi connectivity index (χ4n) is 3.05. The molecule has 0 heterocycles. The van der Waals surface area contributed by atoms with Crippen molar-refractivity contribution in [2.45, 2.75) is 19.3 Å². The molecule has 24 heavy (non-hydrogen) atoms. The standard InChI is InChI=1S/C19H21NO4/c1-22-16-11-18(24-3)17(23-2)10-15(16)19(21)20-14-8-7-12-5-4-6-13(12)9-14/h7-11H,4-6H2,1-3H3,(H,20,21). The Kier molecular flexibility index (Phi) is 4.60. The van der Waals surface area contributed by atoms with Gasteiger partial charge in [-0.3, -0.25) is 4.79 Å². The van der Waals surface area contributed by atoms with Crippen LogP contribution >= 0.6 is 0 Å². The summed E-state index contributed by atoms with van der Waals surface area (Å²) in [6, 6.07) is 9.35. The SMILES string of the molecule is COc1cc(OC)c(C(=O)Nc2ccc3c(c2)CCC3)cc1OC. The third-order valence-corrected chi connectivity index (χ3v) is 4.31. The molecule has 1 aliphatic carbocycles. The lowest BCUT2D eigenvalue weighted by Gasteiger charge is -2.14. The zero-order chi connectivity index (χ0) is 17.1. The van der Waals surface area contributed by atoms with Crippen LogP contribution < -0.4 is 19.5 Å². The first-order valence-corrected chi connectivity index (χ1v) is 7.89. The number of nitrogens with one attached hydrogen (secondary N) is 1. The minimum absolute atomic E-state index is 0.245. The smallest absolute Gasteiger partial charge is 0.259 e. The van der Waals surface area contributed by atoms with Crippen LogP contribution in [0.4, 0.5) is 5.69 Å². The number of aryl methyl sites for hydroxylation is 2. The molecule has 0 fully saturated rings. The van der Waals surface area contributed by atoms with Crippen LogP contribution in [0, 0.1) is 0 Å². The Morgan fingerprint density at radius 1 is 0.875 bits per heavy atom. The Hall–Kier alpha value is -2.69. The van der Waals surface area contributed by atoms with E-state index in [9.17, 15) is 4.79 Å². The lowest BCUT2D eigenvalue weighted by atomic mass is 10.1. The summed E-state index contributed by atoms with van der Waals surface area (Å²) in [6.45, 7) is 0. The van der Waals surface area contributed by atoms with Crippen molar-refractivity contribution >= 4 is 11.6 Å². The van der Waals surface area contributed by atoms with Crippen molar-refractivity contribution in [1.82, 2.24) is 0 Å². The molecule has 0 aliphatic heterocycles. The molecular formula is C19H21NO4. The van der Waals surface area contributed by atoms with Crippen molar-refractivity contribution in [3.8, 4) is 17.2 Å². The van der Waals surface area contributed by atoms with Crippen LogP contribution in [0.15, 0.2) is 30.3 Å². The second kappa shape index (κ2) is 6.83. The van der Waals surface area contributed by atoms with Gasteiger partial charge in [-0.25, -0.2) is 0 Å². The maximum absolute atomic E-state index is 12.7. The van der Waals surface area contributed by atoms with E-state index in [1.165, 1.54) is 31.8 Å². The van der Waals surface area contributed by atoms with Crippen LogP contribution in [-0.2, 0) is 12.8 Å². The summed E-state index contributed by atoms with van der Waals surface area (Å²) in [5.74, 6) is 1.19. The van der Waals surface area contributed by atoms with Crippen LogP contribution in [0.2, 0.25) is 0 Å². The van der Waals surface area contributed by atoms with Gasteiger partial charge in [-0.05, 0) is 42.5 Å². The fraction of sp³-hybridized carbons (Fsp3) is 0.316. The molecule has 126 valence electrons. The number of fused-ring (bicyclic) bond motifs is 1. The average Bonchev–Trinajstić information content (AvgIpc) is 3.08.